The van der Waals surface area contributed by atoms with Crippen LogP contribution in [-0.4, -0.2) is 42.8 Å². The van der Waals surface area contributed by atoms with E-state index in [1.54, 1.807) is 0 Å². The zero-order chi connectivity index (χ0) is 19.9. The first kappa shape index (κ1) is 19.0. The molecule has 0 amide bonds. The molecule has 2 aromatic carbocycles. The summed E-state index contributed by atoms with van der Waals surface area (Å²) in [5, 5.41) is 6.70. The van der Waals surface area contributed by atoms with Crippen LogP contribution in [0.5, 0.6) is 0 Å². The van der Waals surface area contributed by atoms with Crippen LogP contribution >= 0.6 is 0 Å². The van der Waals surface area contributed by atoms with Crippen molar-refractivity contribution in [2.75, 3.05) is 48.4 Å². The predicted molar refractivity (Wildman–Crippen MR) is 119 cm³/mol. The molecule has 29 heavy (non-hydrogen) atoms. The lowest BCUT2D eigenvalue weighted by Crippen LogP contribution is -2.36. The molecule has 0 aliphatic carbocycles. The quantitative estimate of drug-likeness (QED) is 0.589. The minimum absolute atomic E-state index is 0.554. The maximum absolute atomic E-state index is 5.49. The summed E-state index contributed by atoms with van der Waals surface area (Å²) in [6, 6.07) is 20.3. The van der Waals surface area contributed by atoms with Crippen LogP contribution in [0.1, 0.15) is 0 Å². The van der Waals surface area contributed by atoms with Crippen molar-refractivity contribution in [3.8, 4) is 11.3 Å². The molecule has 0 bridgehead atoms. The van der Waals surface area contributed by atoms with Crippen molar-refractivity contribution in [3.05, 3.63) is 73.3 Å². The van der Waals surface area contributed by atoms with Crippen LogP contribution in [0.3, 0.4) is 0 Å². The van der Waals surface area contributed by atoms with Gasteiger partial charge in [-0.2, -0.15) is 4.98 Å². The summed E-state index contributed by atoms with van der Waals surface area (Å²) in [6.07, 6.45) is 1.81. The Hall–Kier alpha value is -3.38. The Labute approximate surface area is 171 Å². The average Bonchev–Trinajstić information content (AvgIpc) is 2.79. The largest absolute Gasteiger partial charge is 0.378 e. The van der Waals surface area contributed by atoms with E-state index in [1.165, 1.54) is 0 Å². The summed E-state index contributed by atoms with van der Waals surface area (Å²) in [5.74, 6) is 1.31. The molecule has 2 heterocycles. The molecule has 1 aromatic heterocycles. The monoisotopic (exact) mass is 387 g/mol. The Morgan fingerprint density at radius 1 is 1.00 bits per heavy atom. The molecule has 0 unspecified atom stereocenters. The second kappa shape index (κ2) is 9.21. The third kappa shape index (κ3) is 4.73. The van der Waals surface area contributed by atoms with Gasteiger partial charge in [0, 0.05) is 31.3 Å². The number of nitrogens with zero attached hydrogens (tertiary/aromatic N) is 3. The standard InChI is InChI=1S/C23H25N5O/c1-2-12-24-22-17-20(18-8-4-3-5-9-18)26-23(27-22)25-19-10-6-7-11-21(19)28-13-15-29-16-14-28/h2-11,17H,1,12-16H2,(H2,24,25,26,27). The summed E-state index contributed by atoms with van der Waals surface area (Å²) < 4.78 is 5.49. The van der Waals surface area contributed by atoms with E-state index in [1.807, 2.05) is 54.6 Å². The summed E-state index contributed by atoms with van der Waals surface area (Å²) in [6.45, 7) is 7.63. The molecule has 148 valence electrons. The van der Waals surface area contributed by atoms with Gasteiger partial charge in [0.2, 0.25) is 5.95 Å². The Bertz CT molecular complexity index is 954. The van der Waals surface area contributed by atoms with Crippen molar-refractivity contribution >= 4 is 23.1 Å². The van der Waals surface area contributed by atoms with Crippen LogP contribution in [0.15, 0.2) is 73.3 Å². The number of hydrogen-bond acceptors (Lipinski definition) is 6. The van der Waals surface area contributed by atoms with Gasteiger partial charge in [-0.05, 0) is 12.1 Å². The highest BCUT2D eigenvalue weighted by Crippen LogP contribution is 2.29. The third-order valence-corrected chi connectivity index (χ3v) is 4.73. The fourth-order valence-electron chi connectivity index (χ4n) is 3.31. The second-order valence-corrected chi connectivity index (χ2v) is 6.74. The number of hydrogen-bond donors (Lipinski definition) is 2. The molecule has 4 rings (SSSR count). The molecule has 0 atom stereocenters. The molecule has 0 saturated carbocycles. The van der Waals surface area contributed by atoms with Gasteiger partial charge in [-0.3, -0.25) is 0 Å². The van der Waals surface area contributed by atoms with E-state index < -0.39 is 0 Å². The fourth-order valence-corrected chi connectivity index (χ4v) is 3.31. The molecule has 3 aromatic rings. The Balaban J connectivity index is 1.67. The molecule has 6 heteroatoms. The second-order valence-electron chi connectivity index (χ2n) is 6.74. The smallest absolute Gasteiger partial charge is 0.229 e. The van der Waals surface area contributed by atoms with Crippen molar-refractivity contribution in [1.29, 1.82) is 0 Å². The lowest BCUT2D eigenvalue weighted by molar-refractivity contribution is 0.123. The van der Waals surface area contributed by atoms with E-state index in [2.05, 4.69) is 39.2 Å². The molecule has 1 saturated heterocycles. The molecule has 1 fully saturated rings. The average molecular weight is 387 g/mol. The van der Waals surface area contributed by atoms with Crippen molar-refractivity contribution in [2.45, 2.75) is 0 Å². The first-order valence-corrected chi connectivity index (χ1v) is 9.81. The minimum Gasteiger partial charge on any atom is -0.378 e. The van der Waals surface area contributed by atoms with Crippen LogP contribution in [0.4, 0.5) is 23.1 Å². The summed E-state index contributed by atoms with van der Waals surface area (Å²) in [7, 11) is 0. The fraction of sp³-hybridized carbons (Fsp3) is 0.217. The SMILES string of the molecule is C=CCNc1cc(-c2ccccc2)nc(Nc2ccccc2N2CCOCC2)n1. The Morgan fingerprint density at radius 3 is 2.55 bits per heavy atom. The van der Waals surface area contributed by atoms with E-state index >= 15 is 0 Å². The van der Waals surface area contributed by atoms with Crippen molar-refractivity contribution in [2.24, 2.45) is 0 Å². The molecule has 1 aliphatic rings. The van der Waals surface area contributed by atoms with Gasteiger partial charge in [0.25, 0.3) is 0 Å². The molecule has 6 nitrogen and oxygen atoms in total. The van der Waals surface area contributed by atoms with Gasteiger partial charge < -0.3 is 20.3 Å². The first-order chi connectivity index (χ1) is 14.3. The first-order valence-electron chi connectivity index (χ1n) is 9.81. The van der Waals surface area contributed by atoms with Crippen LogP contribution in [0, 0.1) is 0 Å². The normalized spacial score (nSPS) is 13.7. The van der Waals surface area contributed by atoms with E-state index in [4.69, 9.17) is 9.72 Å². The number of nitrogens with one attached hydrogen (secondary N) is 2. The third-order valence-electron chi connectivity index (χ3n) is 4.73. The maximum atomic E-state index is 5.49. The molecule has 0 spiro atoms. The van der Waals surface area contributed by atoms with Gasteiger partial charge in [-0.1, -0.05) is 48.5 Å². The molecule has 2 N–H and O–H groups in total. The minimum atomic E-state index is 0.554. The van der Waals surface area contributed by atoms with Crippen molar-refractivity contribution < 1.29 is 4.74 Å². The number of anilines is 4. The van der Waals surface area contributed by atoms with Crippen LogP contribution in [0.2, 0.25) is 0 Å². The highest BCUT2D eigenvalue weighted by Gasteiger charge is 2.15. The topological polar surface area (TPSA) is 62.3 Å². The highest BCUT2D eigenvalue weighted by atomic mass is 16.5. The number of benzene rings is 2. The predicted octanol–water partition coefficient (Wildman–Crippen LogP) is 4.32. The maximum Gasteiger partial charge on any atom is 0.229 e. The van der Waals surface area contributed by atoms with Gasteiger partial charge in [-0.15, -0.1) is 6.58 Å². The zero-order valence-electron chi connectivity index (χ0n) is 16.3. The van der Waals surface area contributed by atoms with E-state index in [0.29, 0.717) is 12.5 Å². The van der Waals surface area contributed by atoms with Gasteiger partial charge >= 0.3 is 0 Å². The highest BCUT2D eigenvalue weighted by molar-refractivity contribution is 5.75. The Morgan fingerprint density at radius 2 is 1.76 bits per heavy atom. The van der Waals surface area contributed by atoms with Crippen LogP contribution in [0.25, 0.3) is 11.3 Å². The lowest BCUT2D eigenvalue weighted by Gasteiger charge is -2.30. The van der Waals surface area contributed by atoms with Gasteiger partial charge in [0.05, 0.1) is 30.3 Å². The van der Waals surface area contributed by atoms with E-state index in [-0.39, 0.29) is 0 Å². The Kier molecular flexibility index (Phi) is 6.02. The van der Waals surface area contributed by atoms with Crippen LogP contribution in [-0.2, 0) is 4.74 Å². The zero-order valence-corrected chi connectivity index (χ0v) is 16.3. The molecule has 0 radical (unpaired) electrons. The molecular formula is C23H25N5O. The number of ether oxygens (including phenoxy) is 1. The van der Waals surface area contributed by atoms with E-state index in [0.717, 1.165) is 54.8 Å². The number of para-hydroxylation sites is 2. The molecule has 1 aliphatic heterocycles. The van der Waals surface area contributed by atoms with E-state index in [9.17, 15) is 0 Å². The summed E-state index contributed by atoms with van der Waals surface area (Å²) in [5.41, 5.74) is 4.01. The van der Waals surface area contributed by atoms with Crippen molar-refractivity contribution in [3.63, 3.8) is 0 Å². The van der Waals surface area contributed by atoms with Gasteiger partial charge in [0.1, 0.15) is 5.82 Å². The molecular weight excluding hydrogens is 362 g/mol. The number of aromatic nitrogens is 2. The van der Waals surface area contributed by atoms with Crippen molar-refractivity contribution in [1.82, 2.24) is 9.97 Å². The van der Waals surface area contributed by atoms with Crippen LogP contribution < -0.4 is 15.5 Å². The summed E-state index contributed by atoms with van der Waals surface area (Å²) in [4.78, 5) is 11.7. The number of rotatable bonds is 7. The van der Waals surface area contributed by atoms with Gasteiger partial charge in [0.15, 0.2) is 0 Å². The number of morpholine rings is 1. The van der Waals surface area contributed by atoms with Gasteiger partial charge in [-0.25, -0.2) is 4.98 Å². The summed E-state index contributed by atoms with van der Waals surface area (Å²) >= 11 is 0. The lowest BCUT2D eigenvalue weighted by atomic mass is 10.1.